The molecule has 0 fully saturated rings. The Bertz CT molecular complexity index is 205. The van der Waals surface area contributed by atoms with Crippen molar-refractivity contribution in [2.24, 2.45) is 0 Å². The van der Waals surface area contributed by atoms with Gasteiger partial charge in [0.1, 0.15) is 5.76 Å². The summed E-state index contributed by atoms with van der Waals surface area (Å²) in [6.45, 7) is 3.58. The monoisotopic (exact) mass is 141 g/mol. The molecule has 0 amide bonds. The van der Waals surface area contributed by atoms with Gasteiger partial charge < -0.3 is 9.63 Å². The van der Waals surface area contributed by atoms with E-state index >= 15 is 0 Å². The molecular formula is C7H11NO2. The van der Waals surface area contributed by atoms with Crippen LogP contribution in [0.4, 0.5) is 0 Å². The second kappa shape index (κ2) is 2.84. The van der Waals surface area contributed by atoms with E-state index in [1.165, 1.54) is 0 Å². The summed E-state index contributed by atoms with van der Waals surface area (Å²) < 4.78 is 4.80. The first-order valence-electron chi connectivity index (χ1n) is 3.28. The summed E-state index contributed by atoms with van der Waals surface area (Å²) in [5.74, 6) is 0.793. The molecule has 3 heteroatoms. The second-order valence-electron chi connectivity index (χ2n) is 2.46. The lowest BCUT2D eigenvalue weighted by Crippen LogP contribution is -2.03. The Kier molecular flexibility index (Phi) is 2.06. The predicted molar refractivity (Wildman–Crippen MR) is 36.6 cm³/mol. The highest BCUT2D eigenvalue weighted by Gasteiger charge is 2.04. The molecule has 0 radical (unpaired) electrons. The number of hydrogen-bond acceptors (Lipinski definition) is 3. The van der Waals surface area contributed by atoms with E-state index < -0.39 is 0 Å². The molecule has 0 bridgehead atoms. The van der Waals surface area contributed by atoms with E-state index in [9.17, 15) is 0 Å². The van der Waals surface area contributed by atoms with Crippen LogP contribution in [0, 0.1) is 6.92 Å². The van der Waals surface area contributed by atoms with Gasteiger partial charge >= 0.3 is 0 Å². The van der Waals surface area contributed by atoms with Crippen LogP contribution in [-0.4, -0.2) is 16.4 Å². The van der Waals surface area contributed by atoms with Crippen LogP contribution in [-0.2, 0) is 6.42 Å². The highest BCUT2D eigenvalue weighted by molar-refractivity contribution is 5.12. The van der Waals surface area contributed by atoms with Crippen LogP contribution >= 0.6 is 0 Å². The van der Waals surface area contributed by atoms with Gasteiger partial charge in [-0.05, 0) is 13.8 Å². The fraction of sp³-hybridized carbons (Fsp3) is 0.571. The van der Waals surface area contributed by atoms with Crippen LogP contribution in [0.2, 0.25) is 0 Å². The predicted octanol–water partition coefficient (Wildman–Crippen LogP) is 0.906. The minimum absolute atomic E-state index is 0.321. The van der Waals surface area contributed by atoms with Crippen LogP contribution in [0.5, 0.6) is 0 Å². The lowest BCUT2D eigenvalue weighted by Gasteiger charge is -1.99. The minimum Gasteiger partial charge on any atom is -0.393 e. The maximum atomic E-state index is 8.98. The minimum atomic E-state index is -0.321. The zero-order valence-corrected chi connectivity index (χ0v) is 6.16. The van der Waals surface area contributed by atoms with Crippen molar-refractivity contribution in [1.82, 2.24) is 5.16 Å². The molecule has 0 saturated heterocycles. The zero-order valence-electron chi connectivity index (χ0n) is 6.16. The van der Waals surface area contributed by atoms with Crippen molar-refractivity contribution in [2.75, 3.05) is 0 Å². The van der Waals surface area contributed by atoms with Gasteiger partial charge in [0.25, 0.3) is 0 Å². The number of rotatable bonds is 2. The summed E-state index contributed by atoms with van der Waals surface area (Å²) in [4.78, 5) is 0. The molecule has 1 aromatic heterocycles. The first-order valence-corrected chi connectivity index (χ1v) is 3.28. The van der Waals surface area contributed by atoms with Crippen molar-refractivity contribution >= 4 is 0 Å². The maximum Gasteiger partial charge on any atom is 0.136 e. The lowest BCUT2D eigenvalue weighted by molar-refractivity contribution is 0.195. The molecule has 0 aliphatic carbocycles. The average molecular weight is 141 g/mol. The summed E-state index contributed by atoms with van der Waals surface area (Å²) >= 11 is 0. The molecule has 10 heavy (non-hydrogen) atoms. The standard InChI is InChI=1S/C7H11NO2/c1-5(9)3-7-4-8-10-6(7)2/h4-5,9H,3H2,1-2H3/t5-/m0/s1. The molecule has 0 aromatic carbocycles. The third-order valence-corrected chi connectivity index (χ3v) is 1.37. The average Bonchev–Trinajstić information content (AvgIpc) is 2.15. The summed E-state index contributed by atoms with van der Waals surface area (Å²) in [6, 6.07) is 0. The maximum absolute atomic E-state index is 8.98. The zero-order chi connectivity index (χ0) is 7.56. The van der Waals surface area contributed by atoms with Crippen molar-refractivity contribution in [3.63, 3.8) is 0 Å². The van der Waals surface area contributed by atoms with Gasteiger partial charge in [-0.15, -0.1) is 0 Å². The Morgan fingerprint density at radius 2 is 2.50 bits per heavy atom. The number of aliphatic hydroxyl groups is 1. The van der Waals surface area contributed by atoms with E-state index in [4.69, 9.17) is 9.63 Å². The number of nitrogens with zero attached hydrogens (tertiary/aromatic N) is 1. The SMILES string of the molecule is Cc1oncc1C[C@H](C)O. The van der Waals surface area contributed by atoms with E-state index in [-0.39, 0.29) is 6.10 Å². The smallest absolute Gasteiger partial charge is 0.136 e. The highest BCUT2D eigenvalue weighted by atomic mass is 16.5. The summed E-state index contributed by atoms with van der Waals surface area (Å²) in [5.41, 5.74) is 0.981. The topological polar surface area (TPSA) is 46.3 Å². The van der Waals surface area contributed by atoms with E-state index in [0.717, 1.165) is 11.3 Å². The summed E-state index contributed by atoms with van der Waals surface area (Å²) in [5, 5.41) is 12.6. The van der Waals surface area contributed by atoms with Gasteiger partial charge in [-0.25, -0.2) is 0 Å². The van der Waals surface area contributed by atoms with Crippen LogP contribution in [0.15, 0.2) is 10.7 Å². The summed E-state index contributed by atoms with van der Waals surface area (Å²) in [6.07, 6.45) is 1.94. The van der Waals surface area contributed by atoms with Gasteiger partial charge in [-0.2, -0.15) is 0 Å². The fourth-order valence-electron chi connectivity index (χ4n) is 0.833. The van der Waals surface area contributed by atoms with Crippen molar-refractivity contribution in [1.29, 1.82) is 0 Å². The van der Waals surface area contributed by atoms with E-state index in [1.807, 2.05) is 6.92 Å². The van der Waals surface area contributed by atoms with Gasteiger partial charge in [-0.3, -0.25) is 0 Å². The molecule has 0 aliphatic rings. The molecule has 0 spiro atoms. The van der Waals surface area contributed by atoms with Crippen LogP contribution in [0.3, 0.4) is 0 Å². The molecule has 1 atom stereocenters. The summed E-state index contributed by atoms with van der Waals surface area (Å²) in [7, 11) is 0. The fourth-order valence-corrected chi connectivity index (χ4v) is 0.833. The first kappa shape index (κ1) is 7.28. The van der Waals surface area contributed by atoms with Crippen molar-refractivity contribution < 1.29 is 9.63 Å². The van der Waals surface area contributed by atoms with E-state index in [1.54, 1.807) is 13.1 Å². The molecule has 1 heterocycles. The Labute approximate surface area is 59.7 Å². The normalized spacial score (nSPS) is 13.5. The second-order valence-corrected chi connectivity index (χ2v) is 2.46. The van der Waals surface area contributed by atoms with Gasteiger partial charge in [0.15, 0.2) is 0 Å². The van der Waals surface area contributed by atoms with Gasteiger partial charge in [0, 0.05) is 12.0 Å². The quantitative estimate of drug-likeness (QED) is 0.665. The molecule has 0 aliphatic heterocycles. The molecule has 0 saturated carbocycles. The Balaban J connectivity index is 2.65. The largest absolute Gasteiger partial charge is 0.393 e. The van der Waals surface area contributed by atoms with Crippen molar-refractivity contribution in [3.8, 4) is 0 Å². The van der Waals surface area contributed by atoms with Crippen LogP contribution in [0.1, 0.15) is 18.2 Å². The van der Waals surface area contributed by atoms with Crippen molar-refractivity contribution in [3.05, 3.63) is 17.5 Å². The molecule has 0 unspecified atom stereocenters. The van der Waals surface area contributed by atoms with Crippen molar-refractivity contribution in [2.45, 2.75) is 26.4 Å². The van der Waals surface area contributed by atoms with Gasteiger partial charge in [0.05, 0.1) is 12.3 Å². The Hall–Kier alpha value is -0.830. The van der Waals surface area contributed by atoms with Crippen LogP contribution in [0.25, 0.3) is 0 Å². The first-order chi connectivity index (χ1) is 4.70. The third-order valence-electron chi connectivity index (χ3n) is 1.37. The molecular weight excluding hydrogens is 130 g/mol. The third kappa shape index (κ3) is 1.57. The molecule has 3 nitrogen and oxygen atoms in total. The molecule has 1 rings (SSSR count). The number of aliphatic hydroxyl groups excluding tert-OH is 1. The van der Waals surface area contributed by atoms with Gasteiger partial charge in [0.2, 0.25) is 0 Å². The Morgan fingerprint density at radius 3 is 2.90 bits per heavy atom. The highest BCUT2D eigenvalue weighted by Crippen LogP contribution is 2.07. The molecule has 1 N–H and O–H groups in total. The molecule has 56 valence electrons. The van der Waals surface area contributed by atoms with E-state index in [2.05, 4.69) is 5.16 Å². The number of hydrogen-bond donors (Lipinski definition) is 1. The Morgan fingerprint density at radius 1 is 1.80 bits per heavy atom. The number of aryl methyl sites for hydroxylation is 1. The van der Waals surface area contributed by atoms with Gasteiger partial charge in [-0.1, -0.05) is 5.16 Å². The number of aromatic nitrogens is 1. The lowest BCUT2D eigenvalue weighted by atomic mass is 10.1. The van der Waals surface area contributed by atoms with E-state index in [0.29, 0.717) is 6.42 Å². The van der Waals surface area contributed by atoms with Crippen LogP contribution < -0.4 is 0 Å². The molecule has 1 aromatic rings.